The lowest BCUT2D eigenvalue weighted by atomic mass is 9.74. The van der Waals surface area contributed by atoms with Crippen molar-refractivity contribution < 1.29 is 14.3 Å². The molecule has 1 saturated carbocycles. The summed E-state index contributed by atoms with van der Waals surface area (Å²) in [7, 11) is 1.68. The van der Waals surface area contributed by atoms with E-state index in [4.69, 9.17) is 9.47 Å². The molecule has 0 unspecified atom stereocenters. The molecule has 2 aromatic carbocycles. The van der Waals surface area contributed by atoms with Crippen LogP contribution in [0.3, 0.4) is 0 Å². The summed E-state index contributed by atoms with van der Waals surface area (Å²) in [5, 5.41) is 3.24. The molecule has 0 bridgehead atoms. The molecule has 0 atom stereocenters. The Morgan fingerprint density at radius 3 is 2.52 bits per heavy atom. The Balaban J connectivity index is 1.56. The number of methoxy groups -OCH3 is 1. The van der Waals surface area contributed by atoms with E-state index in [0.717, 1.165) is 43.4 Å². The van der Waals surface area contributed by atoms with Gasteiger partial charge in [-0.05, 0) is 60.9 Å². The summed E-state index contributed by atoms with van der Waals surface area (Å²) in [6.45, 7) is 1.33. The summed E-state index contributed by atoms with van der Waals surface area (Å²) in [4.78, 5) is 13.0. The second-order valence-corrected chi connectivity index (χ2v) is 7.75. The van der Waals surface area contributed by atoms with Gasteiger partial charge in [-0.15, -0.1) is 0 Å². The molecule has 1 heterocycles. The smallest absolute Gasteiger partial charge is 0.226 e. The molecule has 1 amide bonds. The molecule has 4 heteroatoms. The number of benzene rings is 2. The van der Waals surface area contributed by atoms with Gasteiger partial charge < -0.3 is 14.8 Å². The van der Waals surface area contributed by atoms with E-state index in [1.807, 2.05) is 12.1 Å². The summed E-state index contributed by atoms with van der Waals surface area (Å²) < 4.78 is 10.8. The van der Waals surface area contributed by atoms with Crippen molar-refractivity contribution >= 4 is 5.91 Å². The van der Waals surface area contributed by atoms with Gasteiger partial charge in [-0.2, -0.15) is 0 Å². The third-order valence-corrected chi connectivity index (χ3v) is 5.74. The van der Waals surface area contributed by atoms with E-state index in [1.54, 1.807) is 7.11 Å². The van der Waals surface area contributed by atoms with Gasteiger partial charge in [0.2, 0.25) is 5.91 Å². The fourth-order valence-corrected chi connectivity index (χ4v) is 3.85. The average Bonchev–Trinajstić information content (AvgIpc) is 3.53. The lowest BCUT2D eigenvalue weighted by Crippen LogP contribution is -2.46. The summed E-state index contributed by atoms with van der Waals surface area (Å²) in [5.41, 5.74) is 3.18. The third kappa shape index (κ3) is 4.16. The number of rotatable bonds is 6. The molecule has 142 valence electrons. The first-order valence-corrected chi connectivity index (χ1v) is 9.81. The number of hydrogen-bond acceptors (Lipinski definition) is 3. The van der Waals surface area contributed by atoms with Crippen LogP contribution in [0.25, 0.3) is 11.1 Å². The van der Waals surface area contributed by atoms with E-state index in [1.165, 1.54) is 11.1 Å². The van der Waals surface area contributed by atoms with Gasteiger partial charge in [0.25, 0.3) is 0 Å². The van der Waals surface area contributed by atoms with E-state index in [-0.39, 0.29) is 11.3 Å². The number of amides is 1. The van der Waals surface area contributed by atoms with Crippen LogP contribution in [0.4, 0.5) is 0 Å². The quantitative estimate of drug-likeness (QED) is 0.842. The van der Waals surface area contributed by atoms with Crippen molar-refractivity contribution in [3.05, 3.63) is 54.1 Å². The zero-order chi connectivity index (χ0) is 18.7. The molecule has 0 spiro atoms. The Morgan fingerprint density at radius 2 is 1.85 bits per heavy atom. The molecular weight excluding hydrogens is 338 g/mol. The molecule has 1 aliphatic heterocycles. The van der Waals surface area contributed by atoms with Gasteiger partial charge in [0.15, 0.2) is 0 Å². The molecule has 1 saturated heterocycles. The number of hydrogen-bond donors (Lipinski definition) is 1. The van der Waals surface area contributed by atoms with Gasteiger partial charge >= 0.3 is 0 Å². The first-order chi connectivity index (χ1) is 13.2. The van der Waals surface area contributed by atoms with Gasteiger partial charge in [0, 0.05) is 19.3 Å². The van der Waals surface area contributed by atoms with Gasteiger partial charge in [0.1, 0.15) is 5.75 Å². The SMILES string of the molecule is COc1ccc(-c2cccc(CC3(C(=O)NC4CC4)CCOCC3)c2)cc1. The van der Waals surface area contributed by atoms with Crippen molar-refractivity contribution in [3.63, 3.8) is 0 Å². The number of ether oxygens (including phenoxy) is 2. The van der Waals surface area contributed by atoms with E-state index >= 15 is 0 Å². The van der Waals surface area contributed by atoms with Crippen LogP contribution < -0.4 is 10.1 Å². The summed E-state index contributed by atoms with van der Waals surface area (Å²) in [6, 6.07) is 17.0. The van der Waals surface area contributed by atoms with E-state index in [2.05, 4.69) is 41.7 Å². The highest BCUT2D eigenvalue weighted by Crippen LogP contribution is 2.37. The molecule has 0 aromatic heterocycles. The second-order valence-electron chi connectivity index (χ2n) is 7.75. The zero-order valence-electron chi connectivity index (χ0n) is 15.9. The van der Waals surface area contributed by atoms with Crippen LogP contribution in [0.15, 0.2) is 48.5 Å². The predicted molar refractivity (Wildman–Crippen MR) is 106 cm³/mol. The zero-order valence-corrected chi connectivity index (χ0v) is 15.9. The molecule has 1 N–H and O–H groups in total. The van der Waals surface area contributed by atoms with Gasteiger partial charge in [0.05, 0.1) is 12.5 Å². The number of nitrogens with one attached hydrogen (secondary N) is 1. The second kappa shape index (κ2) is 7.73. The minimum atomic E-state index is -0.348. The van der Waals surface area contributed by atoms with Crippen LogP contribution in [-0.4, -0.2) is 32.3 Å². The molecule has 27 heavy (non-hydrogen) atoms. The molecular formula is C23H27NO3. The minimum Gasteiger partial charge on any atom is -0.497 e. The van der Waals surface area contributed by atoms with Crippen LogP contribution in [0.1, 0.15) is 31.2 Å². The Hall–Kier alpha value is -2.33. The Labute approximate surface area is 160 Å². The van der Waals surface area contributed by atoms with Gasteiger partial charge in [-0.25, -0.2) is 0 Å². The maximum atomic E-state index is 13.0. The molecule has 4 nitrogen and oxygen atoms in total. The molecule has 2 fully saturated rings. The molecule has 0 radical (unpaired) electrons. The van der Waals surface area contributed by atoms with Gasteiger partial charge in [-0.1, -0.05) is 36.4 Å². The van der Waals surface area contributed by atoms with Crippen LogP contribution in [0.5, 0.6) is 5.75 Å². The number of carbonyl (C=O) groups excluding carboxylic acids is 1. The topological polar surface area (TPSA) is 47.6 Å². The first-order valence-electron chi connectivity index (χ1n) is 9.81. The van der Waals surface area contributed by atoms with Crippen molar-refractivity contribution in [2.45, 2.75) is 38.1 Å². The van der Waals surface area contributed by atoms with E-state index in [0.29, 0.717) is 19.3 Å². The fourth-order valence-electron chi connectivity index (χ4n) is 3.85. The van der Waals surface area contributed by atoms with Crippen LogP contribution in [0, 0.1) is 5.41 Å². The Bertz CT molecular complexity index is 790. The van der Waals surface area contributed by atoms with Crippen LogP contribution in [-0.2, 0) is 16.0 Å². The standard InChI is InChI=1S/C23H27NO3/c1-26-21-9-5-18(6-10-21)19-4-2-3-17(15-19)16-23(11-13-27-14-12-23)22(25)24-20-7-8-20/h2-6,9-10,15,20H,7-8,11-14,16H2,1H3,(H,24,25). The van der Waals surface area contributed by atoms with Crippen LogP contribution in [0.2, 0.25) is 0 Å². The molecule has 2 aromatic rings. The monoisotopic (exact) mass is 365 g/mol. The van der Waals surface area contributed by atoms with Crippen molar-refractivity contribution in [2.75, 3.05) is 20.3 Å². The summed E-state index contributed by atoms with van der Waals surface area (Å²) >= 11 is 0. The average molecular weight is 365 g/mol. The highest BCUT2D eigenvalue weighted by atomic mass is 16.5. The van der Waals surface area contributed by atoms with Crippen molar-refractivity contribution in [1.29, 1.82) is 0 Å². The van der Waals surface area contributed by atoms with Crippen molar-refractivity contribution in [3.8, 4) is 16.9 Å². The fraction of sp³-hybridized carbons (Fsp3) is 0.435. The molecule has 1 aliphatic carbocycles. The third-order valence-electron chi connectivity index (χ3n) is 5.74. The lowest BCUT2D eigenvalue weighted by Gasteiger charge is -2.36. The lowest BCUT2D eigenvalue weighted by molar-refractivity contribution is -0.136. The number of carbonyl (C=O) groups is 1. The Morgan fingerprint density at radius 1 is 1.11 bits per heavy atom. The Kier molecular flexibility index (Phi) is 5.17. The van der Waals surface area contributed by atoms with E-state index in [9.17, 15) is 4.79 Å². The minimum absolute atomic E-state index is 0.211. The maximum absolute atomic E-state index is 13.0. The normalized spacial score (nSPS) is 18.7. The summed E-state index contributed by atoms with van der Waals surface area (Å²) in [6.07, 6.45) is 4.58. The molecule has 4 rings (SSSR count). The highest BCUT2D eigenvalue weighted by Gasteiger charge is 2.42. The molecule has 2 aliphatic rings. The largest absolute Gasteiger partial charge is 0.497 e. The predicted octanol–water partition coefficient (Wildman–Crippen LogP) is 3.98. The first kappa shape index (κ1) is 18.1. The maximum Gasteiger partial charge on any atom is 0.226 e. The van der Waals surface area contributed by atoms with E-state index < -0.39 is 0 Å². The van der Waals surface area contributed by atoms with Gasteiger partial charge in [-0.3, -0.25) is 4.79 Å². The summed E-state index contributed by atoms with van der Waals surface area (Å²) in [5.74, 6) is 1.07. The highest BCUT2D eigenvalue weighted by molar-refractivity contribution is 5.83. The van der Waals surface area contributed by atoms with Crippen molar-refractivity contribution in [1.82, 2.24) is 5.32 Å². The van der Waals surface area contributed by atoms with Crippen LogP contribution >= 0.6 is 0 Å². The van der Waals surface area contributed by atoms with Crippen molar-refractivity contribution in [2.24, 2.45) is 5.41 Å².